The Kier molecular flexibility index (Phi) is 5.66. The van der Waals surface area contributed by atoms with Crippen molar-refractivity contribution in [2.75, 3.05) is 6.54 Å². The first-order valence-corrected chi connectivity index (χ1v) is 9.78. The fourth-order valence-electron chi connectivity index (χ4n) is 4.71. The second-order valence-corrected chi connectivity index (χ2v) is 7.83. The van der Waals surface area contributed by atoms with Crippen molar-refractivity contribution < 1.29 is 24.6 Å². The average Bonchev–Trinajstić information content (AvgIpc) is 2.99. The highest BCUT2D eigenvalue weighted by molar-refractivity contribution is 6.05. The molecule has 29 heavy (non-hydrogen) atoms. The van der Waals surface area contributed by atoms with Crippen molar-refractivity contribution in [2.24, 2.45) is 18.7 Å². The summed E-state index contributed by atoms with van der Waals surface area (Å²) < 4.78 is 1.54. The minimum atomic E-state index is -1.43. The molecule has 0 radical (unpaired) electrons. The van der Waals surface area contributed by atoms with E-state index in [1.54, 1.807) is 38.2 Å². The molecule has 1 aliphatic rings. The number of aliphatic hydroxyl groups excluding tert-OH is 1. The van der Waals surface area contributed by atoms with Crippen molar-refractivity contribution >= 4 is 28.7 Å². The Morgan fingerprint density at radius 3 is 2.62 bits per heavy atom. The number of carboxylic acid groups (broad SMARTS) is 1. The number of nitrogens with zero attached hydrogens (tertiary/aromatic N) is 1. The molecule has 8 nitrogen and oxygen atoms in total. The van der Waals surface area contributed by atoms with Crippen LogP contribution in [0.2, 0.25) is 0 Å². The molecule has 0 unspecified atom stereocenters. The Labute approximate surface area is 168 Å². The molecular weight excluding hydrogens is 374 g/mol. The van der Waals surface area contributed by atoms with Gasteiger partial charge in [0.15, 0.2) is 0 Å². The van der Waals surface area contributed by atoms with Crippen molar-refractivity contribution in [3.8, 4) is 0 Å². The second-order valence-electron chi connectivity index (χ2n) is 7.83. The Hall–Kier alpha value is -2.87. The molecule has 8 heteroatoms. The molecule has 5 N–H and O–H groups in total. The van der Waals surface area contributed by atoms with Gasteiger partial charge in [0.2, 0.25) is 11.8 Å². The van der Waals surface area contributed by atoms with Crippen LogP contribution in [0.5, 0.6) is 0 Å². The third kappa shape index (κ3) is 3.37. The number of aromatic carboxylic acids is 1. The maximum absolute atomic E-state index is 13.0. The minimum Gasteiger partial charge on any atom is -0.477 e. The predicted octanol–water partition coefficient (Wildman–Crippen LogP) is 1.29. The van der Waals surface area contributed by atoms with Gasteiger partial charge in [-0.3, -0.25) is 9.59 Å². The van der Waals surface area contributed by atoms with Crippen LogP contribution in [-0.4, -0.2) is 45.2 Å². The molecule has 1 fully saturated rings. The minimum absolute atomic E-state index is 0.0276. The van der Waals surface area contributed by atoms with E-state index in [0.29, 0.717) is 35.7 Å². The summed E-state index contributed by atoms with van der Waals surface area (Å²) in [6.07, 6.45) is 1.36. The molecule has 1 aromatic carbocycles. The number of hydrogen-bond acceptors (Lipinski definition) is 4. The summed E-state index contributed by atoms with van der Waals surface area (Å²) in [5.41, 5.74) is 5.43. The molecule has 3 atom stereocenters. The summed E-state index contributed by atoms with van der Waals surface area (Å²) >= 11 is 0. The number of primary amides is 1. The SMILES string of the molecule is C[C@@H](O)CNC(=O)[C@@H]1CCCC[C@@]1(C(N)=O)c1c(C(=O)O)n(C)c2ccccc12. The van der Waals surface area contributed by atoms with Gasteiger partial charge in [0.05, 0.1) is 17.4 Å². The van der Waals surface area contributed by atoms with E-state index in [-0.39, 0.29) is 12.2 Å². The first-order chi connectivity index (χ1) is 13.7. The largest absolute Gasteiger partial charge is 0.477 e. The first kappa shape index (κ1) is 20.9. The van der Waals surface area contributed by atoms with Gasteiger partial charge in [0.25, 0.3) is 0 Å². The number of aliphatic hydroxyl groups is 1. The van der Waals surface area contributed by atoms with E-state index in [2.05, 4.69) is 5.32 Å². The van der Waals surface area contributed by atoms with Crippen molar-refractivity contribution in [1.29, 1.82) is 0 Å². The molecule has 0 spiro atoms. The Morgan fingerprint density at radius 1 is 1.31 bits per heavy atom. The number of carbonyl (C=O) groups is 3. The lowest BCUT2D eigenvalue weighted by atomic mass is 9.60. The van der Waals surface area contributed by atoms with Gasteiger partial charge in [-0.25, -0.2) is 4.79 Å². The topological polar surface area (TPSA) is 135 Å². The van der Waals surface area contributed by atoms with Crippen LogP contribution < -0.4 is 11.1 Å². The van der Waals surface area contributed by atoms with E-state index in [0.717, 1.165) is 6.42 Å². The molecule has 0 saturated heterocycles. The summed E-state index contributed by atoms with van der Waals surface area (Å²) in [6.45, 7) is 1.60. The van der Waals surface area contributed by atoms with Crippen molar-refractivity contribution in [3.05, 3.63) is 35.5 Å². The number of hydrogen-bond donors (Lipinski definition) is 4. The van der Waals surface area contributed by atoms with Gasteiger partial charge in [0, 0.05) is 30.1 Å². The van der Waals surface area contributed by atoms with E-state index >= 15 is 0 Å². The zero-order valence-corrected chi connectivity index (χ0v) is 16.6. The molecule has 1 aromatic heterocycles. The van der Waals surface area contributed by atoms with Crippen LogP contribution in [0, 0.1) is 5.92 Å². The number of carboxylic acids is 1. The first-order valence-electron chi connectivity index (χ1n) is 9.78. The van der Waals surface area contributed by atoms with Crippen LogP contribution in [0.25, 0.3) is 10.9 Å². The lowest BCUT2D eigenvalue weighted by molar-refractivity contribution is -0.137. The molecule has 0 aliphatic heterocycles. The zero-order valence-electron chi connectivity index (χ0n) is 16.6. The number of carbonyl (C=O) groups excluding carboxylic acids is 2. The molecule has 1 heterocycles. The van der Waals surface area contributed by atoms with Crippen molar-refractivity contribution in [1.82, 2.24) is 9.88 Å². The summed E-state index contributed by atoms with van der Waals surface area (Å²) in [5, 5.41) is 22.8. The monoisotopic (exact) mass is 401 g/mol. The quantitative estimate of drug-likeness (QED) is 0.578. The van der Waals surface area contributed by atoms with E-state index < -0.39 is 35.2 Å². The molecule has 1 saturated carbocycles. The average molecular weight is 401 g/mol. The second kappa shape index (κ2) is 7.87. The standard InChI is InChI=1S/C21H27N3O5/c1-12(25)11-23-18(26)14-8-5-6-10-21(14,20(22)29)16-13-7-3-4-9-15(13)24(2)17(16)19(27)28/h3-4,7,9,12,14,25H,5-6,8,10-11H2,1-2H3,(H2,22,29)(H,23,26)(H,27,28)/t12-,14+,21+/m1/s1. The van der Waals surface area contributed by atoms with Gasteiger partial charge in [-0.2, -0.15) is 0 Å². The predicted molar refractivity (Wildman–Crippen MR) is 107 cm³/mol. The molecule has 1 aliphatic carbocycles. The Morgan fingerprint density at radius 2 is 2.00 bits per heavy atom. The number of aryl methyl sites for hydroxylation is 1. The molecule has 0 bridgehead atoms. The van der Waals surface area contributed by atoms with E-state index in [1.165, 1.54) is 4.57 Å². The van der Waals surface area contributed by atoms with Gasteiger partial charge < -0.3 is 25.8 Å². The van der Waals surface area contributed by atoms with Gasteiger partial charge >= 0.3 is 5.97 Å². The van der Waals surface area contributed by atoms with Crippen LogP contribution >= 0.6 is 0 Å². The van der Waals surface area contributed by atoms with Crippen molar-refractivity contribution in [2.45, 2.75) is 44.1 Å². The third-order valence-electron chi connectivity index (χ3n) is 5.99. The number of rotatable bonds is 6. The number of benzene rings is 1. The van der Waals surface area contributed by atoms with Gasteiger partial charge in [-0.15, -0.1) is 0 Å². The highest BCUT2D eigenvalue weighted by Crippen LogP contribution is 2.48. The van der Waals surface area contributed by atoms with Crippen LogP contribution in [0.15, 0.2) is 24.3 Å². The smallest absolute Gasteiger partial charge is 0.352 e. The normalized spacial score (nSPS) is 22.9. The molecule has 3 rings (SSSR count). The third-order valence-corrected chi connectivity index (χ3v) is 5.99. The summed E-state index contributed by atoms with van der Waals surface area (Å²) in [5.74, 6) is -3.08. The van der Waals surface area contributed by atoms with Crippen LogP contribution in [0.4, 0.5) is 0 Å². The number of fused-ring (bicyclic) bond motifs is 1. The zero-order chi connectivity index (χ0) is 21.3. The Balaban J connectivity index is 2.28. The number of nitrogens with two attached hydrogens (primary N) is 1. The highest BCUT2D eigenvalue weighted by atomic mass is 16.4. The fourth-order valence-corrected chi connectivity index (χ4v) is 4.71. The van der Waals surface area contributed by atoms with Crippen LogP contribution in [-0.2, 0) is 22.1 Å². The summed E-state index contributed by atoms with van der Waals surface area (Å²) in [4.78, 5) is 38.2. The molecule has 2 aromatic rings. The highest BCUT2D eigenvalue weighted by Gasteiger charge is 2.53. The van der Waals surface area contributed by atoms with Gasteiger partial charge in [0.1, 0.15) is 5.69 Å². The van der Waals surface area contributed by atoms with Crippen LogP contribution in [0.3, 0.4) is 0 Å². The summed E-state index contributed by atoms with van der Waals surface area (Å²) in [6, 6.07) is 7.12. The fraction of sp³-hybridized carbons (Fsp3) is 0.476. The van der Waals surface area contributed by atoms with E-state index in [4.69, 9.17) is 5.73 Å². The molecular formula is C21H27N3O5. The maximum Gasteiger partial charge on any atom is 0.352 e. The van der Waals surface area contributed by atoms with E-state index in [1.807, 2.05) is 0 Å². The lowest BCUT2D eigenvalue weighted by Crippen LogP contribution is -2.55. The Bertz CT molecular complexity index is 965. The van der Waals surface area contributed by atoms with Crippen molar-refractivity contribution in [3.63, 3.8) is 0 Å². The van der Waals surface area contributed by atoms with Crippen LogP contribution in [0.1, 0.15) is 48.7 Å². The van der Waals surface area contributed by atoms with Gasteiger partial charge in [-0.1, -0.05) is 31.0 Å². The maximum atomic E-state index is 13.0. The lowest BCUT2D eigenvalue weighted by Gasteiger charge is -2.41. The number of para-hydroxylation sites is 1. The number of nitrogens with one attached hydrogen (secondary N) is 1. The summed E-state index contributed by atoms with van der Waals surface area (Å²) in [7, 11) is 1.63. The molecule has 2 amide bonds. The molecule has 156 valence electrons. The number of amides is 2. The number of aromatic nitrogens is 1. The van der Waals surface area contributed by atoms with E-state index in [9.17, 15) is 24.6 Å². The van der Waals surface area contributed by atoms with Gasteiger partial charge in [-0.05, 0) is 25.8 Å².